The van der Waals surface area contributed by atoms with E-state index in [-0.39, 0.29) is 39.3 Å². The van der Waals surface area contributed by atoms with Gasteiger partial charge in [-0.2, -0.15) is 0 Å². The number of hydrogen-bond acceptors (Lipinski definition) is 4. The van der Waals surface area contributed by atoms with Gasteiger partial charge in [-0.25, -0.2) is 0 Å². The molecule has 0 bridgehead atoms. The van der Waals surface area contributed by atoms with E-state index < -0.39 is 0 Å². The van der Waals surface area contributed by atoms with Gasteiger partial charge in [0.15, 0.2) is 0 Å². The molecule has 3 heterocycles. The first-order chi connectivity index (χ1) is 36.7. The van der Waals surface area contributed by atoms with Crippen molar-refractivity contribution in [1.82, 2.24) is 0 Å². The highest BCUT2D eigenvalue weighted by atomic mass is 15.3. The van der Waals surface area contributed by atoms with Gasteiger partial charge in [0, 0.05) is 68.0 Å². The smallest absolute Gasteiger partial charge is 0.252 e. The van der Waals surface area contributed by atoms with Gasteiger partial charge in [-0.05, 0) is 189 Å². The van der Waals surface area contributed by atoms with Gasteiger partial charge >= 0.3 is 0 Å². The van der Waals surface area contributed by atoms with E-state index in [9.17, 15) is 0 Å². The van der Waals surface area contributed by atoms with Crippen LogP contribution in [-0.4, -0.2) is 12.3 Å². The van der Waals surface area contributed by atoms with Crippen LogP contribution in [0.3, 0.4) is 0 Å². The van der Waals surface area contributed by atoms with Crippen LogP contribution in [-0.2, 0) is 27.1 Å². The molecule has 0 amide bonds. The Morgan fingerprint density at radius 1 is 0.403 bits per heavy atom. The average molecular weight is 1010 g/mol. The quantitative estimate of drug-likeness (QED) is 0.154. The summed E-state index contributed by atoms with van der Waals surface area (Å²) >= 11 is 0. The zero-order valence-corrected chi connectivity index (χ0v) is 47.9. The van der Waals surface area contributed by atoms with Gasteiger partial charge in [0.05, 0.1) is 5.54 Å². The van der Waals surface area contributed by atoms with Crippen molar-refractivity contribution >= 4 is 85.7 Å². The molecule has 0 radical (unpaired) electrons. The first-order valence-corrected chi connectivity index (χ1v) is 28.8. The van der Waals surface area contributed by atoms with Crippen molar-refractivity contribution in [3.63, 3.8) is 0 Å². The monoisotopic (exact) mass is 1010 g/mol. The highest BCUT2D eigenvalue weighted by Gasteiger charge is 2.58. The molecule has 1 fully saturated rings. The summed E-state index contributed by atoms with van der Waals surface area (Å²) in [6.45, 7) is 29.2. The Kier molecular flexibility index (Phi) is 11.1. The van der Waals surface area contributed by atoms with E-state index in [1.54, 1.807) is 0 Å². The SMILES string of the molecule is CC(C)(C)c1ccc(N2c3ccc(C(C)(C)C)cc3B3c4cc5c(cc4N(c4ccccc4)c4cc(N6c7ccc(N(c8ccccc8)c8ccccc8)cc7C7(C)CCCCC67C)cc2c43)C(C)(C)CCC5(C)C)cc1. The van der Waals surface area contributed by atoms with Gasteiger partial charge in [-0.3, -0.25) is 0 Å². The van der Waals surface area contributed by atoms with Gasteiger partial charge in [0.25, 0.3) is 6.71 Å². The maximum absolute atomic E-state index is 2.82. The molecule has 0 saturated heterocycles. The molecule has 13 rings (SSSR count). The second-order valence-electron chi connectivity index (χ2n) is 27.2. The maximum atomic E-state index is 2.82. The molecule has 5 heteroatoms. The maximum Gasteiger partial charge on any atom is 0.252 e. The van der Waals surface area contributed by atoms with Crippen LogP contribution < -0.4 is 36.0 Å². The Morgan fingerprint density at radius 3 is 1.51 bits per heavy atom. The molecule has 4 nitrogen and oxygen atoms in total. The number of anilines is 11. The number of para-hydroxylation sites is 3. The number of nitrogens with zero attached hydrogens (tertiary/aromatic N) is 4. The number of hydrogen-bond donors (Lipinski definition) is 0. The molecule has 2 atom stereocenters. The van der Waals surface area contributed by atoms with Crippen LogP contribution in [0.15, 0.2) is 176 Å². The lowest BCUT2D eigenvalue weighted by molar-refractivity contribution is 0.195. The molecule has 8 aromatic rings. The predicted molar refractivity (Wildman–Crippen MR) is 331 cm³/mol. The van der Waals surface area contributed by atoms with Crippen LogP contribution in [0.4, 0.5) is 62.6 Å². The van der Waals surface area contributed by atoms with Gasteiger partial charge in [-0.15, -0.1) is 0 Å². The minimum Gasteiger partial charge on any atom is -0.334 e. The van der Waals surface area contributed by atoms with Crippen LogP contribution in [0.2, 0.25) is 0 Å². The predicted octanol–water partition coefficient (Wildman–Crippen LogP) is 17.9. The van der Waals surface area contributed by atoms with Crippen LogP contribution >= 0.6 is 0 Å². The second kappa shape index (κ2) is 17.3. The van der Waals surface area contributed by atoms with Gasteiger partial charge in [0.2, 0.25) is 0 Å². The van der Waals surface area contributed by atoms with Crippen molar-refractivity contribution in [1.29, 1.82) is 0 Å². The molecule has 8 aromatic carbocycles. The zero-order chi connectivity index (χ0) is 53.6. The zero-order valence-electron chi connectivity index (χ0n) is 47.9. The summed E-state index contributed by atoms with van der Waals surface area (Å²) in [6.07, 6.45) is 6.96. The van der Waals surface area contributed by atoms with Gasteiger partial charge in [0.1, 0.15) is 0 Å². The molecule has 0 N–H and O–H groups in total. The minimum absolute atomic E-state index is 0.00320. The summed E-state index contributed by atoms with van der Waals surface area (Å²) in [6, 6.07) is 68.1. The van der Waals surface area contributed by atoms with Crippen LogP contribution in [0, 0.1) is 0 Å². The van der Waals surface area contributed by atoms with Gasteiger partial charge < -0.3 is 19.6 Å². The van der Waals surface area contributed by atoms with Crippen molar-refractivity contribution < 1.29 is 0 Å². The van der Waals surface area contributed by atoms with Crippen LogP contribution in [0.5, 0.6) is 0 Å². The molecular formula is C72H77BN4. The summed E-state index contributed by atoms with van der Waals surface area (Å²) in [5, 5.41) is 0. The van der Waals surface area contributed by atoms with E-state index in [2.05, 4.69) is 279 Å². The topological polar surface area (TPSA) is 13.0 Å². The first kappa shape index (κ1) is 49.6. The fourth-order valence-corrected chi connectivity index (χ4v) is 14.8. The van der Waals surface area contributed by atoms with E-state index in [1.807, 2.05) is 0 Å². The first-order valence-electron chi connectivity index (χ1n) is 28.8. The molecule has 3 aliphatic heterocycles. The molecule has 2 aliphatic carbocycles. The van der Waals surface area contributed by atoms with Crippen LogP contribution in [0.25, 0.3) is 0 Å². The lowest BCUT2D eigenvalue weighted by Gasteiger charge is -2.51. The second-order valence-corrected chi connectivity index (χ2v) is 27.2. The highest BCUT2D eigenvalue weighted by Crippen LogP contribution is 2.63. The molecule has 0 spiro atoms. The number of fused-ring (bicyclic) bond motifs is 8. The summed E-state index contributed by atoms with van der Waals surface area (Å²) in [5.41, 5.74) is 24.6. The molecule has 77 heavy (non-hydrogen) atoms. The van der Waals surface area contributed by atoms with E-state index in [4.69, 9.17) is 0 Å². The largest absolute Gasteiger partial charge is 0.334 e. The van der Waals surface area contributed by atoms with E-state index in [1.165, 1.54) is 115 Å². The average Bonchev–Trinajstić information content (AvgIpc) is 3.65. The lowest BCUT2D eigenvalue weighted by Crippen LogP contribution is -2.62. The molecule has 388 valence electrons. The van der Waals surface area contributed by atoms with E-state index in [0.717, 1.165) is 30.6 Å². The normalized spacial score (nSPS) is 20.6. The third-order valence-electron chi connectivity index (χ3n) is 19.5. The van der Waals surface area contributed by atoms with Crippen molar-refractivity contribution in [3.05, 3.63) is 204 Å². The Labute approximate surface area is 460 Å². The fraction of sp³-hybridized carbons (Fsp3) is 0.333. The third-order valence-corrected chi connectivity index (χ3v) is 19.5. The fourth-order valence-electron chi connectivity index (χ4n) is 14.8. The standard InChI is InChI=1S/C72H77BN4/c1-67(2,3)48-30-33-53(34-31-48)75-62-36-32-49(68(4,5)6)42-59(62)73-60-46-56-57(70(9,10)41-40-69(56,7)8)47-63(60)76(52-28-20-15-21-29-52)65-45-55(44-64(75)66(65)73)77-61-37-35-54(43-58(61)71(11)38-22-23-39-72(71,77)12)74(50-24-16-13-17-25-50)51-26-18-14-19-27-51/h13-21,24-37,42-47H,22-23,38-41H2,1-12H3. The lowest BCUT2D eigenvalue weighted by atomic mass is 9.33. The minimum atomic E-state index is -0.205. The molecular weight excluding hydrogens is 932 g/mol. The number of benzene rings is 8. The molecule has 0 aromatic heterocycles. The Balaban J connectivity index is 1.12. The third kappa shape index (κ3) is 7.60. The molecule has 2 unspecified atom stereocenters. The highest BCUT2D eigenvalue weighted by molar-refractivity contribution is 7.00. The molecule has 1 saturated carbocycles. The van der Waals surface area contributed by atoms with E-state index >= 15 is 0 Å². The summed E-state index contributed by atoms with van der Waals surface area (Å²) in [7, 11) is 0. The van der Waals surface area contributed by atoms with Crippen molar-refractivity contribution in [2.75, 3.05) is 19.6 Å². The summed E-state index contributed by atoms with van der Waals surface area (Å²) in [5.74, 6) is 0. The Morgan fingerprint density at radius 2 is 0.909 bits per heavy atom. The number of rotatable bonds is 6. The summed E-state index contributed by atoms with van der Waals surface area (Å²) < 4.78 is 0. The van der Waals surface area contributed by atoms with Crippen molar-refractivity contribution in [2.24, 2.45) is 0 Å². The van der Waals surface area contributed by atoms with Crippen LogP contribution in [0.1, 0.15) is 149 Å². The van der Waals surface area contributed by atoms with E-state index in [0.29, 0.717) is 0 Å². The Bertz CT molecular complexity index is 3560. The Hall–Kier alpha value is -6.98. The van der Waals surface area contributed by atoms with Crippen molar-refractivity contribution in [3.8, 4) is 0 Å². The van der Waals surface area contributed by atoms with Crippen molar-refractivity contribution in [2.45, 2.75) is 154 Å². The van der Waals surface area contributed by atoms with Gasteiger partial charge in [-0.1, -0.05) is 174 Å². The summed E-state index contributed by atoms with van der Waals surface area (Å²) in [4.78, 5) is 10.6. The molecule has 5 aliphatic rings.